The van der Waals surface area contributed by atoms with E-state index in [-0.39, 0.29) is 11.8 Å². The van der Waals surface area contributed by atoms with Crippen LogP contribution in [0.4, 0.5) is 4.79 Å². The molecule has 2 atom stereocenters. The van der Waals surface area contributed by atoms with Gasteiger partial charge < -0.3 is 9.64 Å². The summed E-state index contributed by atoms with van der Waals surface area (Å²) in [5.41, 5.74) is 1.15. The molecule has 2 aliphatic rings. The molecule has 6 heteroatoms. The Morgan fingerprint density at radius 1 is 1.15 bits per heavy atom. The fraction of sp³-hybridized carbons (Fsp3) is 0.619. The van der Waals surface area contributed by atoms with E-state index in [2.05, 4.69) is 18.9 Å². The summed E-state index contributed by atoms with van der Waals surface area (Å²) < 4.78 is 8.77. The van der Waals surface area contributed by atoms with Crippen LogP contribution in [0.3, 0.4) is 0 Å². The Balaban J connectivity index is 1.60. The third kappa shape index (κ3) is 3.31. The van der Waals surface area contributed by atoms with Crippen LogP contribution in [0.15, 0.2) is 29.1 Å². The van der Waals surface area contributed by atoms with Crippen molar-refractivity contribution in [3.05, 3.63) is 34.7 Å². The first-order chi connectivity index (χ1) is 13.1. The molecule has 0 saturated carbocycles. The van der Waals surface area contributed by atoms with Crippen molar-refractivity contribution >= 4 is 17.1 Å². The summed E-state index contributed by atoms with van der Waals surface area (Å²) in [7, 11) is 2.18. The van der Waals surface area contributed by atoms with E-state index in [1.165, 1.54) is 11.0 Å². The minimum absolute atomic E-state index is 0.103. The van der Waals surface area contributed by atoms with Gasteiger partial charge in [0.2, 0.25) is 0 Å². The van der Waals surface area contributed by atoms with Crippen LogP contribution in [0.1, 0.15) is 51.9 Å². The lowest BCUT2D eigenvalue weighted by atomic mass is 9.83. The molecule has 0 N–H and O–H groups in total. The Kier molecular flexibility index (Phi) is 5.08. The summed E-state index contributed by atoms with van der Waals surface area (Å²) in [5.74, 6) is 0. The van der Waals surface area contributed by atoms with Gasteiger partial charge in [-0.2, -0.15) is 4.57 Å². The minimum Gasteiger partial charge on any atom is -0.445 e. The Morgan fingerprint density at radius 3 is 2.48 bits per heavy atom. The molecule has 3 heterocycles. The fourth-order valence-corrected chi connectivity index (χ4v) is 4.77. The Bertz CT molecular complexity index is 870. The van der Waals surface area contributed by atoms with Crippen molar-refractivity contribution in [2.24, 2.45) is 0 Å². The molecule has 2 saturated heterocycles. The second kappa shape index (κ2) is 7.50. The maximum Gasteiger partial charge on any atom is 0.423 e. The molecular formula is C21H29N3O3. The monoisotopic (exact) mass is 371 g/mol. The van der Waals surface area contributed by atoms with E-state index in [1.807, 2.05) is 24.3 Å². The summed E-state index contributed by atoms with van der Waals surface area (Å²) in [6.07, 6.45) is 6.58. The highest BCUT2D eigenvalue weighted by molar-refractivity contribution is 5.86. The molecule has 4 rings (SSSR count). The Morgan fingerprint density at radius 2 is 1.81 bits per heavy atom. The summed E-state index contributed by atoms with van der Waals surface area (Å²) in [6.45, 7) is 2.71. The quantitative estimate of drug-likeness (QED) is 0.824. The molecule has 0 aliphatic carbocycles. The van der Waals surface area contributed by atoms with Crippen molar-refractivity contribution in [1.82, 2.24) is 14.0 Å². The molecule has 2 aromatic rings. The third-order valence-electron chi connectivity index (χ3n) is 6.32. The van der Waals surface area contributed by atoms with Gasteiger partial charge in [0.05, 0.1) is 11.0 Å². The predicted octanol–water partition coefficient (Wildman–Crippen LogP) is 3.60. The average Bonchev–Trinajstić information content (AvgIpc) is 2.92. The van der Waals surface area contributed by atoms with Gasteiger partial charge in [-0.15, -0.1) is 0 Å². The number of aryl methyl sites for hydroxylation is 1. The lowest BCUT2D eigenvalue weighted by Crippen LogP contribution is -2.52. The molecular weight excluding hydrogens is 342 g/mol. The highest BCUT2D eigenvalue weighted by Gasteiger charge is 2.38. The van der Waals surface area contributed by atoms with E-state index >= 15 is 0 Å². The number of benzene rings is 1. The van der Waals surface area contributed by atoms with Crippen molar-refractivity contribution in [1.29, 1.82) is 0 Å². The number of nitrogens with zero attached hydrogens (tertiary/aromatic N) is 3. The molecule has 1 aromatic heterocycles. The molecule has 6 nitrogen and oxygen atoms in total. The molecule has 0 radical (unpaired) electrons. The van der Waals surface area contributed by atoms with Gasteiger partial charge in [-0.3, -0.25) is 4.57 Å². The Labute approximate surface area is 159 Å². The normalized spacial score (nSPS) is 25.6. The summed E-state index contributed by atoms with van der Waals surface area (Å²) in [4.78, 5) is 28.3. The molecule has 0 spiro atoms. The number of rotatable bonds is 4. The van der Waals surface area contributed by atoms with Crippen LogP contribution in [-0.2, 0) is 11.3 Å². The van der Waals surface area contributed by atoms with E-state index in [0.29, 0.717) is 24.1 Å². The zero-order valence-corrected chi connectivity index (χ0v) is 16.3. The van der Waals surface area contributed by atoms with Crippen LogP contribution >= 0.6 is 0 Å². The lowest BCUT2D eigenvalue weighted by molar-refractivity contribution is -0.0193. The van der Waals surface area contributed by atoms with Crippen molar-refractivity contribution in [2.45, 2.75) is 76.6 Å². The summed E-state index contributed by atoms with van der Waals surface area (Å²) in [6, 6.07) is 8.45. The first kappa shape index (κ1) is 18.3. The number of carbonyl (C=O) groups excluding carboxylic acids is 1. The number of unbranched alkanes of at least 4 members (excludes halogenated alkanes) is 1. The van der Waals surface area contributed by atoms with E-state index in [1.54, 1.807) is 4.57 Å². The number of hydrogen-bond donors (Lipinski definition) is 0. The molecule has 2 fully saturated rings. The van der Waals surface area contributed by atoms with Crippen LogP contribution in [0.2, 0.25) is 0 Å². The number of piperidine rings is 2. The largest absolute Gasteiger partial charge is 0.445 e. The molecule has 2 bridgehead atoms. The van der Waals surface area contributed by atoms with Crippen LogP contribution in [-0.4, -0.2) is 45.4 Å². The van der Waals surface area contributed by atoms with Gasteiger partial charge >= 0.3 is 11.8 Å². The molecule has 27 heavy (non-hydrogen) atoms. The van der Waals surface area contributed by atoms with Crippen LogP contribution in [0, 0.1) is 0 Å². The van der Waals surface area contributed by atoms with Crippen molar-refractivity contribution in [3.63, 3.8) is 0 Å². The average molecular weight is 371 g/mol. The SMILES string of the molecule is CCCCn1c(=O)n(C(=O)OC2CC3CCCC(C2)N3C)c2ccccc21. The molecule has 1 aromatic carbocycles. The maximum atomic E-state index is 12.9. The first-order valence-electron chi connectivity index (χ1n) is 10.2. The summed E-state index contributed by atoms with van der Waals surface area (Å²) >= 11 is 0. The highest BCUT2D eigenvalue weighted by atomic mass is 16.6. The zero-order chi connectivity index (χ0) is 19.0. The third-order valence-corrected chi connectivity index (χ3v) is 6.32. The number of carbonyl (C=O) groups is 1. The second-order valence-corrected chi connectivity index (χ2v) is 7.99. The highest BCUT2D eigenvalue weighted by Crippen LogP contribution is 2.34. The molecule has 2 unspecified atom stereocenters. The number of imidazole rings is 1. The lowest BCUT2D eigenvalue weighted by Gasteiger charge is -2.46. The van der Waals surface area contributed by atoms with Gasteiger partial charge in [0, 0.05) is 31.5 Å². The van der Waals surface area contributed by atoms with Crippen molar-refractivity contribution in [2.75, 3.05) is 7.05 Å². The van der Waals surface area contributed by atoms with Crippen LogP contribution in [0.5, 0.6) is 0 Å². The topological polar surface area (TPSA) is 56.5 Å². The second-order valence-electron chi connectivity index (χ2n) is 7.99. The van der Waals surface area contributed by atoms with Gasteiger partial charge in [-0.05, 0) is 38.4 Å². The van der Waals surface area contributed by atoms with Crippen LogP contribution in [0.25, 0.3) is 11.0 Å². The van der Waals surface area contributed by atoms with Crippen molar-refractivity contribution in [3.8, 4) is 0 Å². The fourth-order valence-electron chi connectivity index (χ4n) is 4.77. The van der Waals surface area contributed by atoms with E-state index < -0.39 is 6.09 Å². The standard InChI is InChI=1S/C21H29N3O3/c1-3-4-12-23-18-10-5-6-11-19(18)24(20(23)25)21(26)27-17-13-15-8-7-9-16(14-17)22(15)2/h5-6,10-11,15-17H,3-4,7-9,12-14H2,1-2H3. The smallest absolute Gasteiger partial charge is 0.423 e. The van der Waals surface area contributed by atoms with Gasteiger partial charge in [0.15, 0.2) is 0 Å². The number of fused-ring (bicyclic) bond motifs is 3. The van der Waals surface area contributed by atoms with E-state index in [4.69, 9.17) is 4.74 Å². The van der Waals surface area contributed by atoms with E-state index in [9.17, 15) is 9.59 Å². The molecule has 2 aliphatic heterocycles. The summed E-state index contributed by atoms with van der Waals surface area (Å²) in [5, 5.41) is 0. The number of hydrogen-bond acceptors (Lipinski definition) is 4. The molecule has 0 amide bonds. The number of aromatic nitrogens is 2. The molecule has 146 valence electrons. The van der Waals surface area contributed by atoms with E-state index in [0.717, 1.165) is 44.0 Å². The maximum absolute atomic E-state index is 12.9. The number of ether oxygens (including phenoxy) is 1. The minimum atomic E-state index is -0.529. The van der Waals surface area contributed by atoms with Gasteiger partial charge in [0.25, 0.3) is 0 Å². The first-order valence-corrected chi connectivity index (χ1v) is 10.2. The number of para-hydroxylation sites is 2. The zero-order valence-electron chi connectivity index (χ0n) is 16.3. The van der Waals surface area contributed by atoms with Gasteiger partial charge in [0.1, 0.15) is 6.10 Å². The van der Waals surface area contributed by atoms with Gasteiger partial charge in [-0.25, -0.2) is 9.59 Å². The Hall–Kier alpha value is -2.08. The predicted molar refractivity (Wildman–Crippen MR) is 105 cm³/mol. The van der Waals surface area contributed by atoms with Crippen LogP contribution < -0.4 is 5.69 Å². The van der Waals surface area contributed by atoms with Crippen molar-refractivity contribution < 1.29 is 9.53 Å². The van der Waals surface area contributed by atoms with Gasteiger partial charge in [-0.1, -0.05) is 31.9 Å².